The topological polar surface area (TPSA) is 68.2 Å². The molecule has 2 amide bonds. The number of anilines is 1. The van der Waals surface area contributed by atoms with Crippen molar-refractivity contribution >= 4 is 23.7 Å². The number of hydrogen-bond donors (Lipinski definition) is 0. The van der Waals surface area contributed by atoms with E-state index in [1.165, 1.54) is 4.90 Å². The molecular formula is C22H24N2O4. The van der Waals surface area contributed by atoms with E-state index in [9.17, 15) is 9.59 Å². The molecule has 1 heterocycles. The van der Waals surface area contributed by atoms with Crippen molar-refractivity contribution in [1.29, 1.82) is 0 Å². The first-order valence-electron chi connectivity index (χ1n) is 9.29. The van der Waals surface area contributed by atoms with Gasteiger partial charge >= 0.3 is 0 Å². The molecule has 0 N–H and O–H groups in total. The highest BCUT2D eigenvalue weighted by molar-refractivity contribution is 6.29. The van der Waals surface area contributed by atoms with E-state index >= 15 is 0 Å². The minimum absolute atomic E-state index is 0.0819. The van der Waals surface area contributed by atoms with Crippen LogP contribution in [0.15, 0.2) is 53.5 Å². The maximum absolute atomic E-state index is 13.2. The van der Waals surface area contributed by atoms with Crippen molar-refractivity contribution in [3.63, 3.8) is 0 Å². The lowest BCUT2D eigenvalue weighted by Crippen LogP contribution is -2.45. The number of methoxy groups -OCH3 is 1. The lowest BCUT2D eigenvalue weighted by Gasteiger charge is -2.31. The van der Waals surface area contributed by atoms with Crippen LogP contribution < -0.4 is 9.64 Å². The second kappa shape index (κ2) is 8.80. The zero-order valence-corrected chi connectivity index (χ0v) is 16.3. The summed E-state index contributed by atoms with van der Waals surface area (Å²) in [6, 6.07) is 14.0. The lowest BCUT2D eigenvalue weighted by molar-refractivity contribution is -0.118. The van der Waals surface area contributed by atoms with Crippen LogP contribution in [-0.2, 0) is 9.53 Å². The van der Waals surface area contributed by atoms with Crippen LogP contribution in [0, 0.1) is 0 Å². The van der Waals surface area contributed by atoms with Crippen molar-refractivity contribution < 1.29 is 19.1 Å². The molecule has 0 aliphatic carbocycles. The molecule has 0 aromatic heterocycles. The molecule has 28 heavy (non-hydrogen) atoms. The largest absolute Gasteiger partial charge is 0.494 e. The van der Waals surface area contributed by atoms with Crippen molar-refractivity contribution in [2.75, 3.05) is 25.2 Å². The van der Waals surface area contributed by atoms with E-state index in [2.05, 4.69) is 4.99 Å². The molecule has 0 bridgehead atoms. The van der Waals surface area contributed by atoms with Gasteiger partial charge in [0.25, 0.3) is 5.91 Å². The number of imide groups is 1. The van der Waals surface area contributed by atoms with Gasteiger partial charge in [-0.1, -0.05) is 18.2 Å². The van der Waals surface area contributed by atoms with Gasteiger partial charge in [0, 0.05) is 18.9 Å². The standard InChI is InChI=1S/C22H24N2O4/c1-4-28-17-11-9-16(10-12-17)24-21(25)19-8-6-5-7-18(19)20(22(24)26)13-23-15(2)14-27-3/h5-13,15,20H,4,14H2,1-3H3/t15-,20-/m0/s1. The molecule has 0 spiro atoms. The molecular weight excluding hydrogens is 356 g/mol. The van der Waals surface area contributed by atoms with Gasteiger partial charge in [-0.3, -0.25) is 14.6 Å². The predicted octanol–water partition coefficient (Wildman–Crippen LogP) is 3.46. The number of hydrogen-bond acceptors (Lipinski definition) is 5. The van der Waals surface area contributed by atoms with E-state index in [0.717, 1.165) is 0 Å². The fourth-order valence-electron chi connectivity index (χ4n) is 3.22. The first kappa shape index (κ1) is 19.8. The van der Waals surface area contributed by atoms with E-state index < -0.39 is 5.92 Å². The van der Waals surface area contributed by atoms with E-state index in [1.807, 2.05) is 19.9 Å². The molecule has 2 aromatic carbocycles. The van der Waals surface area contributed by atoms with Crippen molar-refractivity contribution in [2.24, 2.45) is 4.99 Å². The Morgan fingerprint density at radius 3 is 2.54 bits per heavy atom. The number of ether oxygens (including phenoxy) is 2. The van der Waals surface area contributed by atoms with Gasteiger partial charge in [-0.2, -0.15) is 0 Å². The molecule has 146 valence electrons. The Bertz CT molecular complexity index is 876. The number of carbonyl (C=O) groups excluding carboxylic acids is 2. The van der Waals surface area contributed by atoms with Crippen molar-refractivity contribution in [3.05, 3.63) is 59.7 Å². The van der Waals surface area contributed by atoms with Gasteiger partial charge in [0.1, 0.15) is 5.75 Å². The number of carbonyl (C=O) groups is 2. The van der Waals surface area contributed by atoms with Crippen molar-refractivity contribution in [2.45, 2.75) is 25.8 Å². The summed E-state index contributed by atoms with van der Waals surface area (Å²) in [5, 5.41) is 0. The number of fused-ring (bicyclic) bond motifs is 1. The summed E-state index contributed by atoms with van der Waals surface area (Å²) >= 11 is 0. The second-order valence-electron chi connectivity index (χ2n) is 6.57. The smallest absolute Gasteiger partial charge is 0.265 e. The van der Waals surface area contributed by atoms with Crippen molar-refractivity contribution in [3.8, 4) is 5.75 Å². The van der Waals surface area contributed by atoms with Crippen LogP contribution in [0.4, 0.5) is 5.69 Å². The summed E-state index contributed by atoms with van der Waals surface area (Å²) in [7, 11) is 1.61. The van der Waals surface area contributed by atoms with Crippen LogP contribution in [0.2, 0.25) is 0 Å². The SMILES string of the molecule is CCOc1ccc(N2C(=O)c3ccccc3[C@H](C=N[C@@H](C)COC)C2=O)cc1. The Morgan fingerprint density at radius 1 is 1.14 bits per heavy atom. The third-order valence-electron chi connectivity index (χ3n) is 4.52. The van der Waals surface area contributed by atoms with Crippen LogP contribution in [-0.4, -0.2) is 44.4 Å². The summed E-state index contributed by atoms with van der Waals surface area (Å²) in [5.41, 5.74) is 1.69. The van der Waals surface area contributed by atoms with Gasteiger partial charge < -0.3 is 9.47 Å². The molecule has 2 aromatic rings. The number of nitrogens with zero attached hydrogens (tertiary/aromatic N) is 2. The van der Waals surface area contributed by atoms with Crippen LogP contribution in [0.5, 0.6) is 5.75 Å². The summed E-state index contributed by atoms with van der Waals surface area (Å²) in [5.74, 6) is -0.588. The van der Waals surface area contributed by atoms with Crippen LogP contribution >= 0.6 is 0 Å². The summed E-state index contributed by atoms with van der Waals surface area (Å²) in [4.78, 5) is 31.9. The zero-order chi connectivity index (χ0) is 20.1. The summed E-state index contributed by atoms with van der Waals surface area (Å²) in [6.45, 7) is 4.82. The number of rotatable bonds is 7. The Kier molecular flexibility index (Phi) is 6.21. The monoisotopic (exact) mass is 380 g/mol. The third kappa shape index (κ3) is 3.97. The molecule has 0 saturated heterocycles. The molecule has 0 unspecified atom stereocenters. The highest BCUT2D eigenvalue weighted by Gasteiger charge is 2.38. The van der Waals surface area contributed by atoms with Gasteiger partial charge in [-0.25, -0.2) is 4.90 Å². The first-order chi connectivity index (χ1) is 13.6. The van der Waals surface area contributed by atoms with Crippen LogP contribution in [0.1, 0.15) is 35.7 Å². The Labute approximate surface area is 164 Å². The average Bonchev–Trinajstić information content (AvgIpc) is 2.70. The van der Waals surface area contributed by atoms with E-state index in [0.29, 0.717) is 35.8 Å². The van der Waals surface area contributed by atoms with Gasteiger partial charge in [0.15, 0.2) is 0 Å². The molecule has 6 heteroatoms. The zero-order valence-electron chi connectivity index (χ0n) is 16.3. The molecule has 0 radical (unpaired) electrons. The maximum Gasteiger partial charge on any atom is 0.265 e. The molecule has 1 aliphatic heterocycles. The van der Waals surface area contributed by atoms with E-state index in [-0.39, 0.29) is 17.9 Å². The Balaban J connectivity index is 1.98. The quantitative estimate of drug-likeness (QED) is 0.545. The minimum Gasteiger partial charge on any atom is -0.494 e. The van der Waals surface area contributed by atoms with Gasteiger partial charge in [0.2, 0.25) is 5.91 Å². The van der Waals surface area contributed by atoms with Crippen LogP contribution in [0.25, 0.3) is 0 Å². The van der Waals surface area contributed by atoms with Crippen molar-refractivity contribution in [1.82, 2.24) is 0 Å². The summed E-state index contributed by atoms with van der Waals surface area (Å²) < 4.78 is 10.5. The highest BCUT2D eigenvalue weighted by atomic mass is 16.5. The Morgan fingerprint density at radius 2 is 1.86 bits per heavy atom. The Hall–Kier alpha value is -2.99. The van der Waals surface area contributed by atoms with Crippen LogP contribution in [0.3, 0.4) is 0 Å². The fraction of sp³-hybridized carbons (Fsp3) is 0.318. The first-order valence-corrected chi connectivity index (χ1v) is 9.29. The molecule has 3 rings (SSSR count). The highest BCUT2D eigenvalue weighted by Crippen LogP contribution is 2.32. The fourth-order valence-corrected chi connectivity index (χ4v) is 3.22. The molecule has 6 nitrogen and oxygen atoms in total. The third-order valence-corrected chi connectivity index (χ3v) is 4.52. The molecule has 0 saturated carbocycles. The molecule has 1 aliphatic rings. The molecule has 0 fully saturated rings. The number of amides is 2. The minimum atomic E-state index is -0.625. The van der Waals surface area contributed by atoms with E-state index in [1.54, 1.807) is 55.8 Å². The second-order valence-corrected chi connectivity index (χ2v) is 6.57. The van der Waals surface area contributed by atoms with Gasteiger partial charge in [0.05, 0.1) is 30.9 Å². The molecule has 2 atom stereocenters. The van der Waals surface area contributed by atoms with Gasteiger partial charge in [-0.05, 0) is 49.7 Å². The normalized spacial score (nSPS) is 17.7. The summed E-state index contributed by atoms with van der Waals surface area (Å²) in [6.07, 6.45) is 1.62. The number of benzene rings is 2. The average molecular weight is 380 g/mol. The number of aliphatic imine (C=N–C) groups is 1. The maximum atomic E-state index is 13.2. The predicted molar refractivity (Wildman–Crippen MR) is 108 cm³/mol. The van der Waals surface area contributed by atoms with E-state index in [4.69, 9.17) is 9.47 Å². The van der Waals surface area contributed by atoms with Gasteiger partial charge in [-0.15, -0.1) is 0 Å². The lowest BCUT2D eigenvalue weighted by atomic mass is 9.89.